The van der Waals surface area contributed by atoms with Crippen LogP contribution in [0.4, 0.5) is 0 Å². The standard InChI is InChI=1S/C16H22N2O2/c1-11-2-3-12(8-14(11)16(17)19)15-9-13(15)10-18-4-6-20-7-5-18/h2-3,8,13,15H,4-7,9-10H2,1H3,(H2,17,19). The van der Waals surface area contributed by atoms with Gasteiger partial charge in [-0.1, -0.05) is 12.1 Å². The molecule has 108 valence electrons. The number of benzene rings is 1. The van der Waals surface area contributed by atoms with Gasteiger partial charge in [0, 0.05) is 25.2 Å². The number of carbonyl (C=O) groups excluding carboxylic acids is 1. The van der Waals surface area contributed by atoms with Gasteiger partial charge in [0.1, 0.15) is 0 Å². The summed E-state index contributed by atoms with van der Waals surface area (Å²) >= 11 is 0. The van der Waals surface area contributed by atoms with Gasteiger partial charge in [-0.3, -0.25) is 9.69 Å². The lowest BCUT2D eigenvalue weighted by molar-refractivity contribution is 0.0355. The summed E-state index contributed by atoms with van der Waals surface area (Å²) in [6.07, 6.45) is 1.22. The lowest BCUT2D eigenvalue weighted by Gasteiger charge is -2.26. The molecule has 0 bridgehead atoms. The summed E-state index contributed by atoms with van der Waals surface area (Å²) in [7, 11) is 0. The smallest absolute Gasteiger partial charge is 0.248 e. The number of rotatable bonds is 4. The van der Waals surface area contributed by atoms with E-state index in [4.69, 9.17) is 10.5 Å². The van der Waals surface area contributed by atoms with Crippen molar-refractivity contribution < 1.29 is 9.53 Å². The van der Waals surface area contributed by atoms with Crippen molar-refractivity contribution in [2.75, 3.05) is 32.8 Å². The molecular formula is C16H22N2O2. The molecule has 2 unspecified atom stereocenters. The predicted octanol–water partition coefficient (Wildman–Crippen LogP) is 1.53. The third-order valence-corrected chi connectivity index (χ3v) is 4.47. The number of hydrogen-bond acceptors (Lipinski definition) is 3. The van der Waals surface area contributed by atoms with Crippen molar-refractivity contribution in [1.82, 2.24) is 4.90 Å². The SMILES string of the molecule is Cc1ccc(C2CC2CN2CCOCC2)cc1C(N)=O. The minimum atomic E-state index is -0.324. The third-order valence-electron chi connectivity index (χ3n) is 4.47. The molecule has 0 radical (unpaired) electrons. The molecular weight excluding hydrogens is 252 g/mol. The van der Waals surface area contributed by atoms with E-state index in [2.05, 4.69) is 11.0 Å². The average Bonchev–Trinajstić information content (AvgIpc) is 3.19. The Balaban J connectivity index is 1.63. The van der Waals surface area contributed by atoms with E-state index in [0.29, 0.717) is 11.5 Å². The Labute approximate surface area is 119 Å². The molecule has 20 heavy (non-hydrogen) atoms. The van der Waals surface area contributed by atoms with Crippen LogP contribution < -0.4 is 5.73 Å². The molecule has 0 spiro atoms. The molecule has 2 N–H and O–H groups in total. The average molecular weight is 274 g/mol. The van der Waals surface area contributed by atoms with Crippen molar-refractivity contribution in [3.05, 3.63) is 34.9 Å². The maximum Gasteiger partial charge on any atom is 0.248 e. The van der Waals surface area contributed by atoms with Gasteiger partial charge in [0.15, 0.2) is 0 Å². The van der Waals surface area contributed by atoms with Crippen LogP contribution in [0, 0.1) is 12.8 Å². The van der Waals surface area contributed by atoms with Crippen LogP contribution in [0.2, 0.25) is 0 Å². The number of morpholine rings is 1. The third kappa shape index (κ3) is 2.86. The number of ether oxygens (including phenoxy) is 1. The van der Waals surface area contributed by atoms with Gasteiger partial charge in [0.25, 0.3) is 0 Å². The molecule has 0 aromatic heterocycles. The maximum atomic E-state index is 11.4. The molecule has 1 aromatic carbocycles. The van der Waals surface area contributed by atoms with E-state index in [-0.39, 0.29) is 5.91 Å². The summed E-state index contributed by atoms with van der Waals surface area (Å²) in [4.78, 5) is 13.9. The van der Waals surface area contributed by atoms with Crippen molar-refractivity contribution in [2.24, 2.45) is 11.7 Å². The van der Waals surface area contributed by atoms with E-state index in [0.717, 1.165) is 44.3 Å². The number of carbonyl (C=O) groups is 1. The monoisotopic (exact) mass is 274 g/mol. The predicted molar refractivity (Wildman–Crippen MR) is 77.8 cm³/mol. The minimum Gasteiger partial charge on any atom is -0.379 e. The van der Waals surface area contributed by atoms with Gasteiger partial charge in [0.05, 0.1) is 13.2 Å². The first-order valence-electron chi connectivity index (χ1n) is 7.35. The number of nitrogens with zero attached hydrogens (tertiary/aromatic N) is 1. The summed E-state index contributed by atoms with van der Waals surface area (Å²) in [6.45, 7) is 6.88. The van der Waals surface area contributed by atoms with E-state index in [1.165, 1.54) is 12.0 Å². The molecule has 1 aliphatic heterocycles. The van der Waals surface area contributed by atoms with Crippen LogP contribution in [-0.2, 0) is 4.74 Å². The largest absolute Gasteiger partial charge is 0.379 e. The summed E-state index contributed by atoms with van der Waals surface area (Å²) in [5, 5.41) is 0. The molecule has 2 atom stereocenters. The number of amides is 1. The first-order valence-corrected chi connectivity index (χ1v) is 7.35. The van der Waals surface area contributed by atoms with Crippen LogP contribution in [0.1, 0.15) is 33.8 Å². The van der Waals surface area contributed by atoms with E-state index >= 15 is 0 Å². The Morgan fingerprint density at radius 2 is 2.15 bits per heavy atom. The van der Waals surface area contributed by atoms with Gasteiger partial charge >= 0.3 is 0 Å². The molecule has 1 saturated heterocycles. The second-order valence-corrected chi connectivity index (χ2v) is 5.95. The maximum absolute atomic E-state index is 11.4. The Hall–Kier alpha value is -1.39. The Bertz CT molecular complexity index is 509. The van der Waals surface area contributed by atoms with Gasteiger partial charge in [-0.25, -0.2) is 0 Å². The van der Waals surface area contributed by atoms with Gasteiger partial charge in [-0.15, -0.1) is 0 Å². The molecule has 3 rings (SSSR count). The zero-order valence-electron chi connectivity index (χ0n) is 12.0. The van der Waals surface area contributed by atoms with Crippen LogP contribution in [0.3, 0.4) is 0 Å². The summed E-state index contributed by atoms with van der Waals surface area (Å²) in [6, 6.07) is 6.15. The molecule has 1 saturated carbocycles. The second-order valence-electron chi connectivity index (χ2n) is 5.95. The van der Waals surface area contributed by atoms with Crippen molar-refractivity contribution in [3.8, 4) is 0 Å². The lowest BCUT2D eigenvalue weighted by Crippen LogP contribution is -2.37. The van der Waals surface area contributed by atoms with E-state index in [9.17, 15) is 4.79 Å². The number of nitrogens with two attached hydrogens (primary N) is 1. The normalized spacial score (nSPS) is 26.4. The van der Waals surface area contributed by atoms with Gasteiger partial charge in [-0.2, -0.15) is 0 Å². The zero-order valence-corrected chi connectivity index (χ0v) is 12.0. The summed E-state index contributed by atoms with van der Waals surface area (Å²) < 4.78 is 5.38. The van der Waals surface area contributed by atoms with Crippen molar-refractivity contribution in [3.63, 3.8) is 0 Å². The van der Waals surface area contributed by atoms with Gasteiger partial charge in [0.2, 0.25) is 5.91 Å². The van der Waals surface area contributed by atoms with Crippen LogP contribution in [-0.4, -0.2) is 43.7 Å². The number of aryl methyl sites for hydroxylation is 1. The molecule has 2 fully saturated rings. The second kappa shape index (κ2) is 5.54. The molecule has 4 nitrogen and oxygen atoms in total. The van der Waals surface area contributed by atoms with Crippen LogP contribution >= 0.6 is 0 Å². The highest BCUT2D eigenvalue weighted by Crippen LogP contribution is 2.48. The summed E-state index contributed by atoms with van der Waals surface area (Å²) in [5.41, 5.74) is 8.32. The van der Waals surface area contributed by atoms with Crippen LogP contribution in [0.15, 0.2) is 18.2 Å². The molecule has 1 aliphatic carbocycles. The highest BCUT2D eigenvalue weighted by molar-refractivity contribution is 5.94. The first kappa shape index (κ1) is 13.6. The molecule has 4 heteroatoms. The fraction of sp³-hybridized carbons (Fsp3) is 0.562. The quantitative estimate of drug-likeness (QED) is 0.906. The fourth-order valence-corrected chi connectivity index (χ4v) is 3.11. The Morgan fingerprint density at radius 3 is 2.85 bits per heavy atom. The van der Waals surface area contributed by atoms with E-state index in [1.807, 2.05) is 19.1 Å². The van der Waals surface area contributed by atoms with E-state index < -0.39 is 0 Å². The van der Waals surface area contributed by atoms with Crippen LogP contribution in [0.25, 0.3) is 0 Å². The fourth-order valence-electron chi connectivity index (χ4n) is 3.11. The molecule has 1 heterocycles. The zero-order chi connectivity index (χ0) is 14.1. The summed E-state index contributed by atoms with van der Waals surface area (Å²) in [5.74, 6) is 0.989. The highest BCUT2D eigenvalue weighted by Gasteiger charge is 2.39. The Kier molecular flexibility index (Phi) is 3.76. The Morgan fingerprint density at radius 1 is 1.40 bits per heavy atom. The molecule has 2 aliphatic rings. The van der Waals surface area contributed by atoms with Crippen molar-refractivity contribution in [1.29, 1.82) is 0 Å². The molecule has 1 aromatic rings. The highest BCUT2D eigenvalue weighted by atomic mass is 16.5. The topological polar surface area (TPSA) is 55.6 Å². The lowest BCUT2D eigenvalue weighted by atomic mass is 10.0. The first-order chi connectivity index (χ1) is 9.65. The van der Waals surface area contributed by atoms with Gasteiger partial charge in [-0.05, 0) is 42.4 Å². The number of hydrogen-bond donors (Lipinski definition) is 1. The van der Waals surface area contributed by atoms with Crippen molar-refractivity contribution in [2.45, 2.75) is 19.3 Å². The minimum absolute atomic E-state index is 0.324. The van der Waals surface area contributed by atoms with Crippen LogP contribution in [0.5, 0.6) is 0 Å². The van der Waals surface area contributed by atoms with Crippen molar-refractivity contribution >= 4 is 5.91 Å². The number of primary amides is 1. The van der Waals surface area contributed by atoms with Gasteiger partial charge < -0.3 is 10.5 Å². The molecule has 1 amide bonds. The van der Waals surface area contributed by atoms with E-state index in [1.54, 1.807) is 0 Å².